The average molecular weight is 244 g/mol. The van der Waals surface area contributed by atoms with E-state index in [1.54, 1.807) is 0 Å². The van der Waals surface area contributed by atoms with E-state index in [-0.39, 0.29) is 0 Å². The van der Waals surface area contributed by atoms with E-state index < -0.39 is 0 Å². The highest BCUT2D eigenvalue weighted by atomic mass is 15.2. The highest BCUT2D eigenvalue weighted by Crippen LogP contribution is 2.33. The zero-order valence-corrected chi connectivity index (χ0v) is 11.6. The molecule has 1 aromatic carbocycles. The fourth-order valence-corrected chi connectivity index (χ4v) is 3.40. The maximum absolute atomic E-state index is 3.73. The third-order valence-corrected chi connectivity index (χ3v) is 4.72. The molecule has 2 nitrogen and oxygen atoms in total. The van der Waals surface area contributed by atoms with E-state index in [1.807, 2.05) is 0 Å². The molecule has 3 rings (SSSR count). The highest BCUT2D eigenvalue weighted by Gasteiger charge is 2.34. The van der Waals surface area contributed by atoms with Crippen molar-refractivity contribution >= 4 is 5.69 Å². The minimum atomic E-state index is 0.426. The molecule has 98 valence electrons. The molecule has 1 N–H and O–H groups in total. The molecule has 0 spiro atoms. The topological polar surface area (TPSA) is 15.3 Å². The summed E-state index contributed by atoms with van der Waals surface area (Å²) < 4.78 is 0. The van der Waals surface area contributed by atoms with E-state index in [4.69, 9.17) is 0 Å². The van der Waals surface area contributed by atoms with Crippen LogP contribution in [0.4, 0.5) is 5.69 Å². The van der Waals surface area contributed by atoms with Crippen LogP contribution in [-0.2, 0) is 6.42 Å². The van der Waals surface area contributed by atoms with Gasteiger partial charge in [0.15, 0.2) is 0 Å². The van der Waals surface area contributed by atoms with Crippen LogP contribution in [0.25, 0.3) is 0 Å². The standard InChI is InChI=1S/C16H24N2/c1-16(2)9-5-10-17-15(16)12-18-11-8-13-6-3-4-7-14(13)18/h3-4,6-7,15,17H,5,8-12H2,1-2H3. The van der Waals surface area contributed by atoms with Crippen molar-refractivity contribution in [1.29, 1.82) is 0 Å². The van der Waals surface area contributed by atoms with E-state index in [2.05, 4.69) is 48.3 Å². The molecular weight excluding hydrogens is 220 g/mol. The smallest absolute Gasteiger partial charge is 0.0400 e. The molecule has 2 aliphatic rings. The Bertz CT molecular complexity index is 425. The van der Waals surface area contributed by atoms with Crippen molar-refractivity contribution in [1.82, 2.24) is 5.32 Å². The molecule has 1 aromatic rings. The van der Waals surface area contributed by atoms with E-state index in [0.29, 0.717) is 11.5 Å². The Hall–Kier alpha value is -1.02. The molecule has 1 unspecified atom stereocenters. The number of nitrogens with one attached hydrogen (secondary N) is 1. The van der Waals surface area contributed by atoms with Crippen LogP contribution in [-0.4, -0.2) is 25.7 Å². The second-order valence-corrected chi connectivity index (χ2v) is 6.42. The lowest BCUT2D eigenvalue weighted by Gasteiger charge is -2.41. The Kier molecular flexibility index (Phi) is 3.06. The summed E-state index contributed by atoms with van der Waals surface area (Å²) in [4.78, 5) is 2.57. The first-order valence-corrected chi connectivity index (χ1v) is 7.23. The molecule has 0 aromatic heterocycles. The largest absolute Gasteiger partial charge is 0.369 e. The number of rotatable bonds is 2. The molecule has 0 bridgehead atoms. The Morgan fingerprint density at radius 2 is 2.17 bits per heavy atom. The van der Waals surface area contributed by atoms with Crippen LogP contribution in [0.1, 0.15) is 32.3 Å². The summed E-state index contributed by atoms with van der Waals surface area (Å²) in [6, 6.07) is 9.49. The molecule has 0 aliphatic carbocycles. The number of piperidine rings is 1. The van der Waals surface area contributed by atoms with Gasteiger partial charge in [-0.05, 0) is 42.9 Å². The quantitative estimate of drug-likeness (QED) is 0.860. The van der Waals surface area contributed by atoms with Gasteiger partial charge < -0.3 is 10.2 Å². The molecule has 2 aliphatic heterocycles. The monoisotopic (exact) mass is 244 g/mol. The summed E-state index contributed by atoms with van der Waals surface area (Å²) in [7, 11) is 0. The molecular formula is C16H24N2. The van der Waals surface area contributed by atoms with Crippen molar-refractivity contribution in [3.8, 4) is 0 Å². The summed E-state index contributed by atoms with van der Waals surface area (Å²) in [5.41, 5.74) is 3.40. The molecule has 2 heteroatoms. The van der Waals surface area contributed by atoms with Gasteiger partial charge in [0.25, 0.3) is 0 Å². The van der Waals surface area contributed by atoms with Crippen LogP contribution in [0.2, 0.25) is 0 Å². The zero-order chi connectivity index (χ0) is 12.6. The van der Waals surface area contributed by atoms with Crippen molar-refractivity contribution in [2.75, 3.05) is 24.5 Å². The van der Waals surface area contributed by atoms with Gasteiger partial charge in [-0.25, -0.2) is 0 Å². The van der Waals surface area contributed by atoms with Crippen LogP contribution in [0.5, 0.6) is 0 Å². The maximum atomic E-state index is 3.73. The summed E-state index contributed by atoms with van der Waals surface area (Å²) in [6.07, 6.45) is 3.88. The van der Waals surface area contributed by atoms with Crippen molar-refractivity contribution < 1.29 is 0 Å². The predicted octanol–water partition coefficient (Wildman–Crippen LogP) is 2.83. The van der Waals surface area contributed by atoms with Gasteiger partial charge in [-0.15, -0.1) is 0 Å². The second-order valence-electron chi connectivity index (χ2n) is 6.42. The molecule has 18 heavy (non-hydrogen) atoms. The van der Waals surface area contributed by atoms with Gasteiger partial charge in [-0.3, -0.25) is 0 Å². The van der Waals surface area contributed by atoms with E-state index in [9.17, 15) is 0 Å². The van der Waals surface area contributed by atoms with Crippen molar-refractivity contribution in [3.05, 3.63) is 29.8 Å². The molecule has 0 amide bonds. The molecule has 1 atom stereocenters. The number of fused-ring (bicyclic) bond motifs is 1. The third-order valence-electron chi connectivity index (χ3n) is 4.72. The van der Waals surface area contributed by atoms with Crippen molar-refractivity contribution in [3.63, 3.8) is 0 Å². The van der Waals surface area contributed by atoms with Gasteiger partial charge in [0.05, 0.1) is 0 Å². The Morgan fingerprint density at radius 1 is 1.33 bits per heavy atom. The number of nitrogens with zero attached hydrogens (tertiary/aromatic N) is 1. The van der Waals surface area contributed by atoms with Gasteiger partial charge in [0.1, 0.15) is 0 Å². The number of para-hydroxylation sites is 1. The highest BCUT2D eigenvalue weighted by molar-refractivity contribution is 5.57. The summed E-state index contributed by atoms with van der Waals surface area (Å²) >= 11 is 0. The fourth-order valence-electron chi connectivity index (χ4n) is 3.40. The first kappa shape index (κ1) is 12.0. The number of benzene rings is 1. The Labute approximate surface area is 110 Å². The fraction of sp³-hybridized carbons (Fsp3) is 0.625. The normalized spacial score (nSPS) is 26.1. The molecule has 1 fully saturated rings. The van der Waals surface area contributed by atoms with Gasteiger partial charge >= 0.3 is 0 Å². The molecule has 2 heterocycles. The third kappa shape index (κ3) is 2.14. The maximum Gasteiger partial charge on any atom is 0.0400 e. The second kappa shape index (κ2) is 4.58. The Balaban J connectivity index is 1.74. The SMILES string of the molecule is CC1(C)CCCNC1CN1CCc2ccccc21. The van der Waals surface area contributed by atoms with Crippen LogP contribution in [0.3, 0.4) is 0 Å². The van der Waals surface area contributed by atoms with E-state index in [0.717, 1.165) is 6.54 Å². The average Bonchev–Trinajstić information content (AvgIpc) is 2.75. The van der Waals surface area contributed by atoms with Crippen LogP contribution >= 0.6 is 0 Å². The first-order chi connectivity index (χ1) is 8.67. The van der Waals surface area contributed by atoms with Gasteiger partial charge in [-0.2, -0.15) is 0 Å². The van der Waals surface area contributed by atoms with Crippen molar-refractivity contribution in [2.24, 2.45) is 5.41 Å². The van der Waals surface area contributed by atoms with E-state index >= 15 is 0 Å². The van der Waals surface area contributed by atoms with Crippen molar-refractivity contribution in [2.45, 2.75) is 39.2 Å². The van der Waals surface area contributed by atoms with Crippen LogP contribution in [0.15, 0.2) is 24.3 Å². The predicted molar refractivity (Wildman–Crippen MR) is 77.2 cm³/mol. The molecule has 0 radical (unpaired) electrons. The Morgan fingerprint density at radius 3 is 3.00 bits per heavy atom. The molecule has 1 saturated heterocycles. The van der Waals surface area contributed by atoms with Crippen LogP contribution < -0.4 is 10.2 Å². The number of hydrogen-bond acceptors (Lipinski definition) is 2. The minimum Gasteiger partial charge on any atom is -0.369 e. The molecule has 0 saturated carbocycles. The summed E-state index contributed by atoms with van der Waals surface area (Å²) in [6.45, 7) is 8.35. The minimum absolute atomic E-state index is 0.426. The van der Waals surface area contributed by atoms with Gasteiger partial charge in [0, 0.05) is 24.8 Å². The summed E-state index contributed by atoms with van der Waals surface area (Å²) in [5.74, 6) is 0. The lowest BCUT2D eigenvalue weighted by molar-refractivity contribution is 0.183. The summed E-state index contributed by atoms with van der Waals surface area (Å²) in [5, 5.41) is 3.73. The van der Waals surface area contributed by atoms with E-state index in [1.165, 1.54) is 43.6 Å². The lowest BCUT2D eigenvalue weighted by Crippen LogP contribution is -2.52. The number of anilines is 1. The van der Waals surface area contributed by atoms with Gasteiger partial charge in [0.2, 0.25) is 0 Å². The lowest BCUT2D eigenvalue weighted by atomic mass is 9.77. The van der Waals surface area contributed by atoms with Crippen LogP contribution in [0, 0.1) is 5.41 Å². The number of hydrogen-bond donors (Lipinski definition) is 1. The zero-order valence-electron chi connectivity index (χ0n) is 11.6. The first-order valence-electron chi connectivity index (χ1n) is 7.23. The van der Waals surface area contributed by atoms with Gasteiger partial charge in [-0.1, -0.05) is 32.0 Å².